The summed E-state index contributed by atoms with van der Waals surface area (Å²) in [5, 5.41) is 3.14. The van der Waals surface area contributed by atoms with Crippen molar-refractivity contribution in [2.24, 2.45) is 11.7 Å². The fraction of sp³-hybridized carbons (Fsp3) is 0.500. The molecule has 1 aromatic carbocycles. The zero-order valence-corrected chi connectivity index (χ0v) is 14.8. The van der Waals surface area contributed by atoms with Crippen LogP contribution >= 0.6 is 24.8 Å². The second kappa shape index (κ2) is 8.52. The Hall–Kier alpha value is -1.30. The lowest BCUT2D eigenvalue weighted by atomic mass is 10.0. The molecule has 0 aliphatic heterocycles. The van der Waals surface area contributed by atoms with Crippen molar-refractivity contribution in [1.29, 1.82) is 0 Å². The summed E-state index contributed by atoms with van der Waals surface area (Å²) in [6, 6.07) is 8.14. The number of hydrogen-bond donors (Lipinski definition) is 2. The number of benzene rings is 1. The smallest absolute Gasteiger partial charge is 0.240 e. The minimum absolute atomic E-state index is 0. The van der Waals surface area contributed by atoms with Gasteiger partial charge >= 0.3 is 0 Å². The summed E-state index contributed by atoms with van der Waals surface area (Å²) < 4.78 is 1.97. The lowest BCUT2D eigenvalue weighted by Gasteiger charge is -2.20. The Morgan fingerprint density at radius 3 is 2.83 bits per heavy atom. The van der Waals surface area contributed by atoms with E-state index in [4.69, 9.17) is 5.73 Å². The molecule has 1 aromatic heterocycles. The average molecular weight is 359 g/mol. The van der Waals surface area contributed by atoms with Crippen molar-refractivity contribution in [3.63, 3.8) is 0 Å². The first-order valence-corrected chi connectivity index (χ1v) is 7.60. The molecule has 3 rings (SSSR count). The molecule has 3 N–H and O–H groups in total. The van der Waals surface area contributed by atoms with E-state index >= 15 is 0 Å². The van der Waals surface area contributed by atoms with Gasteiger partial charge in [-0.1, -0.05) is 18.6 Å². The van der Waals surface area contributed by atoms with Gasteiger partial charge in [0, 0.05) is 6.04 Å². The third kappa shape index (κ3) is 4.16. The van der Waals surface area contributed by atoms with Crippen LogP contribution in [0.2, 0.25) is 0 Å². The molecule has 2 unspecified atom stereocenters. The zero-order valence-electron chi connectivity index (χ0n) is 13.2. The maximum Gasteiger partial charge on any atom is 0.240 e. The Labute approximate surface area is 148 Å². The molecular weight excluding hydrogens is 335 g/mol. The number of carbonyl (C=O) groups excluding carboxylic acids is 1. The average Bonchev–Trinajstić information content (AvgIpc) is 3.04. The van der Waals surface area contributed by atoms with Crippen molar-refractivity contribution in [3.05, 3.63) is 30.1 Å². The Bertz CT molecular complexity index is 659. The van der Waals surface area contributed by atoms with Crippen LogP contribution in [0.3, 0.4) is 0 Å². The van der Waals surface area contributed by atoms with E-state index in [0.717, 1.165) is 36.1 Å². The van der Waals surface area contributed by atoms with Crippen molar-refractivity contribution < 1.29 is 4.79 Å². The van der Waals surface area contributed by atoms with Crippen molar-refractivity contribution in [3.8, 4) is 0 Å². The highest BCUT2D eigenvalue weighted by atomic mass is 35.5. The van der Waals surface area contributed by atoms with Gasteiger partial charge in [-0.25, -0.2) is 4.98 Å². The molecule has 0 radical (unpaired) electrons. The highest BCUT2D eigenvalue weighted by molar-refractivity contribution is 5.85. The summed E-state index contributed by atoms with van der Waals surface area (Å²) >= 11 is 0. The van der Waals surface area contributed by atoms with Crippen LogP contribution < -0.4 is 11.1 Å². The number of rotatable bonds is 4. The first kappa shape index (κ1) is 19.7. The van der Waals surface area contributed by atoms with Gasteiger partial charge in [0.15, 0.2) is 0 Å². The van der Waals surface area contributed by atoms with Gasteiger partial charge in [-0.3, -0.25) is 4.79 Å². The second-order valence-electron chi connectivity index (χ2n) is 5.83. The fourth-order valence-electron chi connectivity index (χ4n) is 3.30. The van der Waals surface area contributed by atoms with Crippen LogP contribution in [0.15, 0.2) is 24.3 Å². The lowest BCUT2D eigenvalue weighted by molar-refractivity contribution is -0.122. The number of nitrogens with one attached hydrogen (secondary N) is 1. The SMILES string of the molecule is Cc1nc2ccccc2n1CC(=O)NC1CCCC1CN.Cl.Cl. The number of aromatic nitrogens is 2. The van der Waals surface area contributed by atoms with Crippen LogP contribution in [0.1, 0.15) is 25.1 Å². The molecule has 1 amide bonds. The first-order chi connectivity index (χ1) is 10.2. The van der Waals surface area contributed by atoms with Gasteiger partial charge in [-0.05, 0) is 44.4 Å². The van der Waals surface area contributed by atoms with Crippen LogP contribution in [-0.2, 0) is 11.3 Å². The second-order valence-corrected chi connectivity index (χ2v) is 5.83. The van der Waals surface area contributed by atoms with E-state index in [1.165, 1.54) is 0 Å². The maximum atomic E-state index is 12.3. The number of carbonyl (C=O) groups is 1. The number of nitrogens with zero attached hydrogens (tertiary/aromatic N) is 2. The minimum atomic E-state index is 0. The van der Waals surface area contributed by atoms with Crippen LogP contribution in [0.25, 0.3) is 11.0 Å². The molecule has 7 heteroatoms. The zero-order chi connectivity index (χ0) is 14.8. The van der Waals surface area contributed by atoms with E-state index in [0.29, 0.717) is 19.0 Å². The summed E-state index contributed by atoms with van der Waals surface area (Å²) in [7, 11) is 0. The van der Waals surface area contributed by atoms with Crippen LogP contribution in [0.5, 0.6) is 0 Å². The summed E-state index contributed by atoms with van der Waals surface area (Å²) in [4.78, 5) is 16.8. The molecule has 1 heterocycles. The molecule has 23 heavy (non-hydrogen) atoms. The predicted molar refractivity (Wildman–Crippen MR) is 97.3 cm³/mol. The van der Waals surface area contributed by atoms with E-state index in [1.807, 2.05) is 35.8 Å². The quantitative estimate of drug-likeness (QED) is 0.881. The number of para-hydroxylation sites is 2. The number of fused-ring (bicyclic) bond motifs is 1. The van der Waals surface area contributed by atoms with Crippen LogP contribution in [0.4, 0.5) is 0 Å². The van der Waals surface area contributed by atoms with E-state index in [1.54, 1.807) is 0 Å². The van der Waals surface area contributed by atoms with Crippen molar-refractivity contribution >= 4 is 41.8 Å². The van der Waals surface area contributed by atoms with Gasteiger partial charge in [0.05, 0.1) is 11.0 Å². The Balaban J connectivity index is 0.00000132. The predicted octanol–water partition coefficient (Wildman–Crippen LogP) is 2.43. The molecule has 0 spiro atoms. The fourth-order valence-corrected chi connectivity index (χ4v) is 3.30. The molecule has 1 aliphatic rings. The van der Waals surface area contributed by atoms with Gasteiger partial charge in [-0.2, -0.15) is 0 Å². The number of aryl methyl sites for hydroxylation is 1. The molecule has 1 saturated carbocycles. The molecule has 1 fully saturated rings. The summed E-state index contributed by atoms with van der Waals surface area (Å²) in [6.45, 7) is 2.91. The topological polar surface area (TPSA) is 72.9 Å². The lowest BCUT2D eigenvalue weighted by Crippen LogP contribution is -2.41. The standard InChI is InChI=1S/C16H22N4O.2ClH/c1-11-18-14-6-2-3-8-15(14)20(11)10-16(21)19-13-7-4-5-12(13)9-17;;/h2-3,6,8,12-13H,4-5,7,9-10,17H2,1H3,(H,19,21);2*1H. The molecule has 1 aliphatic carbocycles. The molecule has 128 valence electrons. The summed E-state index contributed by atoms with van der Waals surface area (Å²) in [6.07, 6.45) is 3.31. The first-order valence-electron chi connectivity index (χ1n) is 7.60. The van der Waals surface area contributed by atoms with E-state index in [2.05, 4.69) is 10.3 Å². The third-order valence-corrected chi connectivity index (χ3v) is 4.46. The third-order valence-electron chi connectivity index (χ3n) is 4.46. The van der Waals surface area contributed by atoms with Gasteiger partial charge in [0.25, 0.3) is 0 Å². The Kier molecular flexibility index (Phi) is 7.32. The molecule has 2 aromatic rings. The van der Waals surface area contributed by atoms with Crippen LogP contribution in [0, 0.1) is 12.8 Å². The highest BCUT2D eigenvalue weighted by Gasteiger charge is 2.27. The summed E-state index contributed by atoms with van der Waals surface area (Å²) in [5.74, 6) is 1.34. The van der Waals surface area contributed by atoms with E-state index in [9.17, 15) is 4.79 Å². The largest absolute Gasteiger partial charge is 0.351 e. The summed E-state index contributed by atoms with van der Waals surface area (Å²) in [5.41, 5.74) is 7.71. The van der Waals surface area contributed by atoms with E-state index < -0.39 is 0 Å². The van der Waals surface area contributed by atoms with Crippen molar-refractivity contribution in [2.45, 2.75) is 38.8 Å². The number of hydrogen-bond acceptors (Lipinski definition) is 3. The van der Waals surface area contributed by atoms with Gasteiger partial charge in [0.2, 0.25) is 5.91 Å². The van der Waals surface area contributed by atoms with Gasteiger partial charge in [0.1, 0.15) is 12.4 Å². The molecule has 0 bridgehead atoms. The Morgan fingerprint density at radius 1 is 1.35 bits per heavy atom. The maximum absolute atomic E-state index is 12.3. The van der Waals surface area contributed by atoms with Crippen molar-refractivity contribution in [1.82, 2.24) is 14.9 Å². The number of halogens is 2. The molecule has 0 saturated heterocycles. The normalized spacial score (nSPS) is 19.9. The molecule has 5 nitrogen and oxygen atoms in total. The monoisotopic (exact) mass is 358 g/mol. The number of nitrogens with two attached hydrogens (primary N) is 1. The van der Waals surface area contributed by atoms with Crippen LogP contribution in [-0.4, -0.2) is 28.0 Å². The minimum Gasteiger partial charge on any atom is -0.351 e. The molecule has 2 atom stereocenters. The van der Waals surface area contributed by atoms with Crippen molar-refractivity contribution in [2.75, 3.05) is 6.54 Å². The van der Waals surface area contributed by atoms with Gasteiger partial charge < -0.3 is 15.6 Å². The highest BCUT2D eigenvalue weighted by Crippen LogP contribution is 2.24. The number of imidazole rings is 1. The van der Waals surface area contributed by atoms with Gasteiger partial charge in [-0.15, -0.1) is 24.8 Å². The molecular formula is C16H24Cl2N4O. The number of amides is 1. The Morgan fingerprint density at radius 2 is 2.09 bits per heavy atom. The van der Waals surface area contributed by atoms with E-state index in [-0.39, 0.29) is 36.8 Å².